The highest BCUT2D eigenvalue weighted by Gasteiger charge is 2.17. The molecule has 0 heterocycles. The van der Waals surface area contributed by atoms with Crippen molar-refractivity contribution in [3.05, 3.63) is 34.1 Å². The number of rotatable bonds is 3. The number of likely N-dealkylation sites (N-methyl/N-ethyl adjacent to an activating group) is 1. The molecule has 1 rings (SSSR count). The van der Waals surface area contributed by atoms with Crippen LogP contribution in [0.5, 0.6) is 0 Å². The van der Waals surface area contributed by atoms with Crippen LogP contribution in [0.15, 0.2) is 22.7 Å². The molecule has 0 saturated heterocycles. The number of benzene rings is 1. The van der Waals surface area contributed by atoms with Crippen molar-refractivity contribution in [3.63, 3.8) is 0 Å². The molecule has 3 nitrogen and oxygen atoms in total. The first kappa shape index (κ1) is 11.1. The fourth-order valence-corrected chi connectivity index (χ4v) is 1.77. The van der Waals surface area contributed by atoms with Gasteiger partial charge < -0.3 is 11.1 Å². The van der Waals surface area contributed by atoms with Crippen LogP contribution in [0, 0.1) is 5.82 Å². The van der Waals surface area contributed by atoms with E-state index < -0.39 is 11.9 Å². The zero-order valence-electron chi connectivity index (χ0n) is 7.55. The van der Waals surface area contributed by atoms with Crippen molar-refractivity contribution >= 4 is 21.8 Å². The van der Waals surface area contributed by atoms with Gasteiger partial charge in [-0.1, -0.05) is 22.0 Å². The van der Waals surface area contributed by atoms with Gasteiger partial charge in [-0.05, 0) is 24.7 Å². The van der Waals surface area contributed by atoms with Crippen LogP contribution in [0.1, 0.15) is 11.6 Å². The highest BCUT2D eigenvalue weighted by Crippen LogP contribution is 2.23. The third-order valence-corrected chi connectivity index (χ3v) is 2.53. The summed E-state index contributed by atoms with van der Waals surface area (Å²) in [4.78, 5) is 11.0. The Kier molecular flexibility index (Phi) is 3.60. The summed E-state index contributed by atoms with van der Waals surface area (Å²) in [5.74, 6) is -0.861. The molecule has 14 heavy (non-hydrogen) atoms. The molecule has 1 atom stereocenters. The summed E-state index contributed by atoms with van der Waals surface area (Å²) in [5.41, 5.74) is 5.80. The molecule has 76 valence electrons. The first-order valence-corrected chi connectivity index (χ1v) is 4.77. The minimum absolute atomic E-state index is 0.361. The third-order valence-electron chi connectivity index (χ3n) is 1.85. The van der Waals surface area contributed by atoms with E-state index in [1.807, 2.05) is 0 Å². The fraction of sp³-hybridized carbons (Fsp3) is 0.222. The Balaban J connectivity index is 3.10. The first-order chi connectivity index (χ1) is 6.56. The largest absolute Gasteiger partial charge is 0.368 e. The van der Waals surface area contributed by atoms with Gasteiger partial charge in [0, 0.05) is 4.47 Å². The Morgan fingerprint density at radius 3 is 2.71 bits per heavy atom. The number of carbonyl (C=O) groups excluding carboxylic acids is 1. The second-order valence-corrected chi connectivity index (χ2v) is 3.64. The lowest BCUT2D eigenvalue weighted by atomic mass is 10.1. The van der Waals surface area contributed by atoms with Crippen LogP contribution in [0.3, 0.4) is 0 Å². The van der Waals surface area contributed by atoms with Gasteiger partial charge in [-0.3, -0.25) is 4.79 Å². The average molecular weight is 261 g/mol. The van der Waals surface area contributed by atoms with Crippen LogP contribution in [-0.4, -0.2) is 13.0 Å². The van der Waals surface area contributed by atoms with E-state index in [2.05, 4.69) is 21.2 Å². The fourth-order valence-electron chi connectivity index (χ4n) is 1.19. The summed E-state index contributed by atoms with van der Waals surface area (Å²) in [7, 11) is 1.62. The third kappa shape index (κ3) is 2.30. The molecule has 3 N–H and O–H groups in total. The van der Waals surface area contributed by atoms with Gasteiger partial charge in [-0.15, -0.1) is 0 Å². The van der Waals surface area contributed by atoms with E-state index in [1.54, 1.807) is 7.05 Å². The summed E-state index contributed by atoms with van der Waals surface area (Å²) >= 11 is 3.17. The van der Waals surface area contributed by atoms with Crippen molar-refractivity contribution in [2.45, 2.75) is 6.04 Å². The van der Waals surface area contributed by atoms with E-state index in [-0.39, 0.29) is 5.82 Å². The lowest BCUT2D eigenvalue weighted by molar-refractivity contribution is -0.120. The number of carbonyl (C=O) groups is 1. The molecule has 0 aliphatic carbocycles. The van der Waals surface area contributed by atoms with Crippen LogP contribution in [0.25, 0.3) is 0 Å². The number of hydrogen-bond donors (Lipinski definition) is 2. The minimum atomic E-state index is -0.607. The van der Waals surface area contributed by atoms with E-state index in [9.17, 15) is 9.18 Å². The second kappa shape index (κ2) is 4.52. The molecule has 0 aliphatic rings. The first-order valence-electron chi connectivity index (χ1n) is 3.97. The Morgan fingerprint density at radius 2 is 2.29 bits per heavy atom. The smallest absolute Gasteiger partial charge is 0.239 e. The number of halogens is 2. The predicted octanol–water partition coefficient (Wildman–Crippen LogP) is 1.33. The molecule has 0 radical (unpaired) electrons. The molecule has 1 unspecified atom stereocenters. The molecule has 1 aromatic carbocycles. The van der Waals surface area contributed by atoms with Gasteiger partial charge >= 0.3 is 0 Å². The Bertz CT molecular complexity index is 357. The number of hydrogen-bond acceptors (Lipinski definition) is 2. The van der Waals surface area contributed by atoms with E-state index in [1.165, 1.54) is 18.2 Å². The van der Waals surface area contributed by atoms with Gasteiger partial charge in [0.25, 0.3) is 0 Å². The molecule has 1 amide bonds. The zero-order chi connectivity index (χ0) is 10.7. The summed E-state index contributed by atoms with van der Waals surface area (Å²) in [5, 5.41) is 2.75. The van der Waals surface area contributed by atoms with Crippen LogP contribution >= 0.6 is 15.9 Å². The molecule has 0 spiro atoms. The molecule has 0 aromatic heterocycles. The molecule has 0 fully saturated rings. The Hall–Kier alpha value is -0.940. The molecule has 1 aromatic rings. The highest BCUT2D eigenvalue weighted by atomic mass is 79.9. The number of nitrogens with two attached hydrogens (primary N) is 1. The standard InChI is InChI=1S/C9H10BrFN2O/c1-13-8(9(12)14)6-3-2-5(11)4-7(6)10/h2-4,8,13H,1H3,(H2,12,14). The quantitative estimate of drug-likeness (QED) is 0.862. The van der Waals surface area contributed by atoms with Crippen LogP contribution < -0.4 is 11.1 Å². The molecule has 0 bridgehead atoms. The summed E-state index contributed by atoms with van der Waals surface area (Å²) in [6, 6.07) is 3.49. The molecule has 0 saturated carbocycles. The summed E-state index contributed by atoms with van der Waals surface area (Å²) < 4.78 is 13.3. The number of primary amides is 1. The molecule has 5 heteroatoms. The van der Waals surface area contributed by atoms with Crippen molar-refractivity contribution in [1.82, 2.24) is 5.32 Å². The van der Waals surface area contributed by atoms with Gasteiger partial charge in [0.15, 0.2) is 0 Å². The topological polar surface area (TPSA) is 55.1 Å². The Labute approximate surface area is 89.6 Å². The van der Waals surface area contributed by atoms with E-state index in [4.69, 9.17) is 5.73 Å². The van der Waals surface area contributed by atoms with E-state index in [0.29, 0.717) is 10.0 Å². The van der Waals surface area contributed by atoms with Crippen molar-refractivity contribution < 1.29 is 9.18 Å². The van der Waals surface area contributed by atoms with Crippen molar-refractivity contribution in [2.75, 3.05) is 7.05 Å². The highest BCUT2D eigenvalue weighted by molar-refractivity contribution is 9.10. The maximum atomic E-state index is 12.7. The van der Waals surface area contributed by atoms with Gasteiger partial charge in [0.2, 0.25) is 5.91 Å². The maximum absolute atomic E-state index is 12.7. The number of nitrogens with one attached hydrogen (secondary N) is 1. The SMILES string of the molecule is CNC(C(N)=O)c1ccc(F)cc1Br. The monoisotopic (exact) mass is 260 g/mol. The van der Waals surface area contributed by atoms with Crippen LogP contribution in [0.4, 0.5) is 4.39 Å². The van der Waals surface area contributed by atoms with Crippen molar-refractivity contribution in [2.24, 2.45) is 5.73 Å². The van der Waals surface area contributed by atoms with E-state index >= 15 is 0 Å². The van der Waals surface area contributed by atoms with Gasteiger partial charge in [0.1, 0.15) is 11.9 Å². The summed E-state index contributed by atoms with van der Waals surface area (Å²) in [6.45, 7) is 0. The number of amides is 1. The van der Waals surface area contributed by atoms with Crippen LogP contribution in [0.2, 0.25) is 0 Å². The normalized spacial score (nSPS) is 12.5. The van der Waals surface area contributed by atoms with Gasteiger partial charge in [0.05, 0.1) is 0 Å². The second-order valence-electron chi connectivity index (χ2n) is 2.79. The predicted molar refractivity (Wildman–Crippen MR) is 55.1 cm³/mol. The van der Waals surface area contributed by atoms with Crippen LogP contribution in [-0.2, 0) is 4.79 Å². The maximum Gasteiger partial charge on any atom is 0.239 e. The Morgan fingerprint density at radius 1 is 1.64 bits per heavy atom. The molecule has 0 aliphatic heterocycles. The van der Waals surface area contributed by atoms with Gasteiger partial charge in [-0.25, -0.2) is 4.39 Å². The molecular formula is C9H10BrFN2O. The van der Waals surface area contributed by atoms with Crippen molar-refractivity contribution in [3.8, 4) is 0 Å². The summed E-state index contributed by atoms with van der Waals surface area (Å²) in [6.07, 6.45) is 0. The average Bonchev–Trinajstić information content (AvgIpc) is 2.09. The van der Waals surface area contributed by atoms with Gasteiger partial charge in [-0.2, -0.15) is 0 Å². The lowest BCUT2D eigenvalue weighted by Crippen LogP contribution is -2.31. The lowest BCUT2D eigenvalue weighted by Gasteiger charge is -2.14. The zero-order valence-corrected chi connectivity index (χ0v) is 9.14. The van der Waals surface area contributed by atoms with E-state index in [0.717, 1.165) is 0 Å². The minimum Gasteiger partial charge on any atom is -0.368 e. The van der Waals surface area contributed by atoms with Crippen molar-refractivity contribution in [1.29, 1.82) is 0 Å². The molecular weight excluding hydrogens is 251 g/mol.